The Kier molecular flexibility index (Phi) is 1.38. The summed E-state index contributed by atoms with van der Waals surface area (Å²) in [6, 6.07) is 5.31. The summed E-state index contributed by atoms with van der Waals surface area (Å²) in [6.45, 7) is 0. The molecule has 2 heterocycles. The first-order chi connectivity index (χ1) is 6.75. The van der Waals surface area contributed by atoms with Gasteiger partial charge in [0.15, 0.2) is 0 Å². The molecule has 1 aromatic carbocycles. The third-order valence-corrected chi connectivity index (χ3v) is 2.51. The SMILES string of the molecule is O=C1Oc2cccc3c2c(nn3Br)O1. The molecule has 0 N–H and O–H groups in total. The molecule has 0 unspecified atom stereocenters. The van der Waals surface area contributed by atoms with Crippen molar-refractivity contribution in [2.45, 2.75) is 0 Å². The van der Waals surface area contributed by atoms with Gasteiger partial charge in [-0.1, -0.05) is 6.07 Å². The molecular formula is C8H3BrN2O3. The summed E-state index contributed by atoms with van der Waals surface area (Å²) in [5, 5.41) is 4.68. The fourth-order valence-corrected chi connectivity index (χ4v) is 1.86. The van der Waals surface area contributed by atoms with Crippen LogP contribution in [0.2, 0.25) is 0 Å². The molecule has 0 radical (unpaired) electrons. The first-order valence-corrected chi connectivity index (χ1v) is 4.54. The predicted molar refractivity (Wildman–Crippen MR) is 50.7 cm³/mol. The lowest BCUT2D eigenvalue weighted by atomic mass is 10.2. The molecule has 0 fully saturated rings. The van der Waals surface area contributed by atoms with Crippen molar-refractivity contribution in [3.8, 4) is 11.6 Å². The van der Waals surface area contributed by atoms with E-state index in [1.165, 1.54) is 3.71 Å². The summed E-state index contributed by atoms with van der Waals surface area (Å²) in [5.41, 5.74) is 0.796. The molecule has 0 amide bonds. The second-order valence-electron chi connectivity index (χ2n) is 2.77. The number of carbonyl (C=O) groups is 1. The molecule has 0 saturated heterocycles. The fourth-order valence-electron chi connectivity index (χ4n) is 1.42. The van der Waals surface area contributed by atoms with Crippen LogP contribution in [0.1, 0.15) is 0 Å². The van der Waals surface area contributed by atoms with Gasteiger partial charge in [-0.15, -0.1) is 5.10 Å². The molecule has 5 nitrogen and oxygen atoms in total. The number of nitrogens with zero attached hydrogens (tertiary/aromatic N) is 2. The number of carbonyl (C=O) groups excluding carboxylic acids is 1. The van der Waals surface area contributed by atoms with Gasteiger partial charge in [-0.2, -0.15) is 3.71 Å². The highest BCUT2D eigenvalue weighted by molar-refractivity contribution is 9.08. The molecule has 0 aliphatic carbocycles. The van der Waals surface area contributed by atoms with Crippen molar-refractivity contribution in [2.24, 2.45) is 0 Å². The van der Waals surface area contributed by atoms with Crippen molar-refractivity contribution >= 4 is 33.2 Å². The monoisotopic (exact) mass is 254 g/mol. The minimum Gasteiger partial charge on any atom is -0.394 e. The largest absolute Gasteiger partial charge is 0.520 e. The summed E-state index contributed by atoms with van der Waals surface area (Å²) in [4.78, 5) is 11.0. The summed E-state index contributed by atoms with van der Waals surface area (Å²) >= 11 is 3.20. The Hall–Kier alpha value is -1.56. The zero-order chi connectivity index (χ0) is 9.71. The lowest BCUT2D eigenvalue weighted by molar-refractivity contribution is 0.147. The Bertz CT molecular complexity index is 549. The third-order valence-electron chi connectivity index (χ3n) is 1.97. The molecule has 14 heavy (non-hydrogen) atoms. The van der Waals surface area contributed by atoms with Crippen molar-refractivity contribution in [3.63, 3.8) is 0 Å². The molecule has 3 rings (SSSR count). The van der Waals surface area contributed by atoms with Gasteiger partial charge in [0.1, 0.15) is 11.1 Å². The van der Waals surface area contributed by atoms with Gasteiger partial charge >= 0.3 is 6.16 Å². The Balaban J connectivity index is 2.46. The molecule has 0 bridgehead atoms. The van der Waals surface area contributed by atoms with Crippen LogP contribution in [0, 0.1) is 0 Å². The van der Waals surface area contributed by atoms with E-state index in [0.717, 1.165) is 5.52 Å². The number of aromatic nitrogens is 2. The van der Waals surface area contributed by atoms with Gasteiger partial charge in [0.2, 0.25) is 0 Å². The van der Waals surface area contributed by atoms with E-state index in [9.17, 15) is 4.79 Å². The highest BCUT2D eigenvalue weighted by atomic mass is 79.9. The molecule has 1 aliphatic rings. The minimum absolute atomic E-state index is 0.267. The van der Waals surface area contributed by atoms with Crippen LogP contribution in [-0.2, 0) is 0 Å². The highest BCUT2D eigenvalue weighted by Crippen LogP contribution is 2.37. The Morgan fingerprint density at radius 3 is 3.07 bits per heavy atom. The fraction of sp³-hybridized carbons (Fsp3) is 0. The van der Waals surface area contributed by atoms with Gasteiger partial charge in [-0.05, 0) is 12.1 Å². The second-order valence-corrected chi connectivity index (χ2v) is 3.44. The van der Waals surface area contributed by atoms with E-state index < -0.39 is 6.16 Å². The van der Waals surface area contributed by atoms with Crippen LogP contribution in [0.3, 0.4) is 0 Å². The first-order valence-electron chi connectivity index (χ1n) is 3.83. The summed E-state index contributed by atoms with van der Waals surface area (Å²) in [5.74, 6) is 0.739. The van der Waals surface area contributed by atoms with Crippen molar-refractivity contribution < 1.29 is 14.3 Å². The first kappa shape index (κ1) is 7.81. The van der Waals surface area contributed by atoms with Crippen LogP contribution in [0.15, 0.2) is 18.2 Å². The smallest absolute Gasteiger partial charge is 0.394 e. The van der Waals surface area contributed by atoms with E-state index >= 15 is 0 Å². The van der Waals surface area contributed by atoms with Crippen LogP contribution in [-0.4, -0.2) is 15.0 Å². The minimum atomic E-state index is -0.754. The molecule has 0 spiro atoms. The van der Waals surface area contributed by atoms with E-state index in [-0.39, 0.29) is 5.88 Å². The second kappa shape index (κ2) is 2.48. The third kappa shape index (κ3) is 0.884. The molecule has 1 aliphatic heterocycles. The Morgan fingerprint density at radius 2 is 2.21 bits per heavy atom. The zero-order valence-corrected chi connectivity index (χ0v) is 8.32. The van der Waals surface area contributed by atoms with Crippen LogP contribution >= 0.6 is 16.1 Å². The quantitative estimate of drug-likeness (QED) is 0.534. The van der Waals surface area contributed by atoms with Crippen LogP contribution in [0.5, 0.6) is 11.6 Å². The van der Waals surface area contributed by atoms with Crippen molar-refractivity contribution in [2.75, 3.05) is 0 Å². The normalized spacial score (nSPS) is 13.9. The lowest BCUT2D eigenvalue weighted by Crippen LogP contribution is -2.17. The standard InChI is InChI=1S/C8H3BrN2O3/c9-11-4-2-1-3-5-6(4)7(10-11)14-8(12)13-5/h1-3H. The van der Waals surface area contributed by atoms with Crippen LogP contribution in [0.4, 0.5) is 4.79 Å². The van der Waals surface area contributed by atoms with Gasteiger partial charge in [-0.25, -0.2) is 4.79 Å². The lowest BCUT2D eigenvalue weighted by Gasteiger charge is -2.09. The molecule has 2 aromatic rings. The summed E-state index contributed by atoms with van der Waals surface area (Å²) < 4.78 is 11.1. The Labute approximate surface area is 86.5 Å². The number of benzene rings is 1. The van der Waals surface area contributed by atoms with E-state index in [2.05, 4.69) is 21.2 Å². The number of halogens is 1. The number of hydrogen-bond acceptors (Lipinski definition) is 4. The van der Waals surface area contributed by atoms with Gasteiger partial charge in [0, 0.05) is 0 Å². The van der Waals surface area contributed by atoms with Crippen molar-refractivity contribution in [3.05, 3.63) is 18.2 Å². The molecule has 0 saturated carbocycles. The molecule has 70 valence electrons. The average Bonchev–Trinajstić information content (AvgIpc) is 2.45. The van der Waals surface area contributed by atoms with Crippen molar-refractivity contribution in [1.82, 2.24) is 8.81 Å². The van der Waals surface area contributed by atoms with E-state index in [0.29, 0.717) is 11.1 Å². The van der Waals surface area contributed by atoms with E-state index in [1.54, 1.807) is 12.1 Å². The van der Waals surface area contributed by atoms with Gasteiger partial charge < -0.3 is 9.47 Å². The summed E-state index contributed by atoms with van der Waals surface area (Å²) in [6.07, 6.45) is -0.754. The molecule has 6 heteroatoms. The van der Waals surface area contributed by atoms with Crippen molar-refractivity contribution in [1.29, 1.82) is 0 Å². The average molecular weight is 255 g/mol. The maximum Gasteiger partial charge on any atom is 0.520 e. The number of ether oxygens (including phenoxy) is 2. The Morgan fingerprint density at radius 1 is 1.36 bits per heavy atom. The zero-order valence-electron chi connectivity index (χ0n) is 6.73. The van der Waals surface area contributed by atoms with Crippen LogP contribution < -0.4 is 9.47 Å². The van der Waals surface area contributed by atoms with E-state index in [4.69, 9.17) is 9.47 Å². The highest BCUT2D eigenvalue weighted by Gasteiger charge is 2.25. The van der Waals surface area contributed by atoms with Gasteiger partial charge in [0.05, 0.1) is 21.7 Å². The number of rotatable bonds is 0. The molecular weight excluding hydrogens is 252 g/mol. The molecule has 0 atom stereocenters. The van der Waals surface area contributed by atoms with Gasteiger partial charge in [0.25, 0.3) is 5.88 Å². The maximum absolute atomic E-state index is 11.0. The summed E-state index contributed by atoms with van der Waals surface area (Å²) in [7, 11) is 0. The van der Waals surface area contributed by atoms with Crippen LogP contribution in [0.25, 0.3) is 10.9 Å². The topological polar surface area (TPSA) is 53.3 Å². The molecule has 1 aromatic heterocycles. The predicted octanol–water partition coefficient (Wildman–Crippen LogP) is 2.09. The van der Waals surface area contributed by atoms with Gasteiger partial charge in [-0.3, -0.25) is 0 Å². The maximum atomic E-state index is 11.0. The number of hydrogen-bond donors (Lipinski definition) is 0. The van der Waals surface area contributed by atoms with E-state index in [1.807, 2.05) is 6.07 Å².